The third-order valence-electron chi connectivity index (χ3n) is 2.66. The standard InChI is InChI=1S/C13H22N2O2S2/c1-4-9-14-10-8-12-6-7-13(18-12)19(16,17)15(3)11-5-2/h5-7,14H,2,4,8-11H2,1,3H3. The first-order valence-corrected chi connectivity index (χ1v) is 8.64. The van der Waals surface area contributed by atoms with E-state index in [9.17, 15) is 8.42 Å². The zero-order valence-corrected chi connectivity index (χ0v) is 13.2. The van der Waals surface area contributed by atoms with Crippen molar-refractivity contribution in [1.29, 1.82) is 0 Å². The number of nitrogens with zero attached hydrogens (tertiary/aromatic N) is 1. The van der Waals surface area contributed by atoms with Crippen LogP contribution in [-0.4, -0.2) is 39.4 Å². The lowest BCUT2D eigenvalue weighted by atomic mass is 10.3. The Morgan fingerprint density at radius 3 is 2.79 bits per heavy atom. The van der Waals surface area contributed by atoms with Gasteiger partial charge in [-0.1, -0.05) is 13.0 Å². The summed E-state index contributed by atoms with van der Waals surface area (Å²) in [7, 11) is -1.79. The SMILES string of the molecule is C=CCN(C)S(=O)(=O)c1ccc(CCNCCC)s1. The van der Waals surface area contributed by atoms with Gasteiger partial charge in [-0.25, -0.2) is 8.42 Å². The maximum Gasteiger partial charge on any atom is 0.252 e. The molecule has 108 valence electrons. The van der Waals surface area contributed by atoms with Gasteiger partial charge in [0.05, 0.1) is 0 Å². The van der Waals surface area contributed by atoms with Gasteiger partial charge in [0.1, 0.15) is 4.21 Å². The highest BCUT2D eigenvalue weighted by atomic mass is 32.2. The van der Waals surface area contributed by atoms with Crippen LogP contribution >= 0.6 is 11.3 Å². The average molecular weight is 302 g/mol. The van der Waals surface area contributed by atoms with Crippen molar-refractivity contribution >= 4 is 21.4 Å². The molecule has 0 spiro atoms. The van der Waals surface area contributed by atoms with Crippen molar-refractivity contribution in [3.05, 3.63) is 29.7 Å². The van der Waals surface area contributed by atoms with E-state index in [1.54, 1.807) is 19.2 Å². The maximum atomic E-state index is 12.2. The number of nitrogens with one attached hydrogen (secondary N) is 1. The molecule has 1 N–H and O–H groups in total. The van der Waals surface area contributed by atoms with Crippen LogP contribution in [-0.2, 0) is 16.4 Å². The predicted molar refractivity (Wildman–Crippen MR) is 81.2 cm³/mol. The van der Waals surface area contributed by atoms with Crippen LogP contribution in [0.25, 0.3) is 0 Å². The number of thiophene rings is 1. The van der Waals surface area contributed by atoms with Crippen molar-refractivity contribution in [1.82, 2.24) is 9.62 Å². The van der Waals surface area contributed by atoms with Crippen LogP contribution in [0.3, 0.4) is 0 Å². The van der Waals surface area contributed by atoms with Gasteiger partial charge in [-0.2, -0.15) is 4.31 Å². The lowest BCUT2D eigenvalue weighted by Gasteiger charge is -2.13. The van der Waals surface area contributed by atoms with Crippen LogP contribution in [0.15, 0.2) is 29.0 Å². The van der Waals surface area contributed by atoms with Gasteiger partial charge < -0.3 is 5.32 Å². The van der Waals surface area contributed by atoms with Crippen LogP contribution in [0.2, 0.25) is 0 Å². The van der Waals surface area contributed by atoms with Gasteiger partial charge >= 0.3 is 0 Å². The zero-order valence-electron chi connectivity index (χ0n) is 11.6. The Bertz CT molecular complexity index is 494. The van der Waals surface area contributed by atoms with E-state index >= 15 is 0 Å². The molecular formula is C13H22N2O2S2. The number of likely N-dealkylation sites (N-methyl/N-ethyl adjacent to an activating group) is 1. The summed E-state index contributed by atoms with van der Waals surface area (Å²) >= 11 is 1.35. The molecule has 0 radical (unpaired) electrons. The first-order chi connectivity index (χ1) is 9.02. The Morgan fingerprint density at radius 1 is 1.42 bits per heavy atom. The van der Waals surface area contributed by atoms with Crippen LogP contribution in [0.1, 0.15) is 18.2 Å². The molecular weight excluding hydrogens is 280 g/mol. The largest absolute Gasteiger partial charge is 0.316 e. The van der Waals surface area contributed by atoms with Gasteiger partial charge in [0.15, 0.2) is 0 Å². The fourth-order valence-electron chi connectivity index (χ4n) is 1.58. The Kier molecular flexibility index (Phi) is 6.71. The van der Waals surface area contributed by atoms with Crippen LogP contribution in [0.4, 0.5) is 0 Å². The Balaban J connectivity index is 2.65. The summed E-state index contributed by atoms with van der Waals surface area (Å²) in [5.74, 6) is 0. The fourth-order valence-corrected chi connectivity index (χ4v) is 4.29. The normalized spacial score (nSPS) is 11.9. The molecule has 0 aromatic carbocycles. The van der Waals surface area contributed by atoms with Gasteiger partial charge in [-0.05, 0) is 38.1 Å². The molecule has 0 saturated carbocycles. The third-order valence-corrected chi connectivity index (χ3v) is 6.10. The smallest absolute Gasteiger partial charge is 0.252 e. The monoisotopic (exact) mass is 302 g/mol. The first kappa shape index (κ1) is 16.4. The molecule has 0 saturated heterocycles. The quantitative estimate of drug-likeness (QED) is 0.561. The van der Waals surface area contributed by atoms with Crippen molar-refractivity contribution in [2.24, 2.45) is 0 Å². The molecule has 4 nitrogen and oxygen atoms in total. The zero-order chi connectivity index (χ0) is 14.3. The molecule has 1 aromatic heterocycles. The van der Waals surface area contributed by atoms with Crippen LogP contribution < -0.4 is 5.32 Å². The minimum atomic E-state index is -3.36. The highest BCUT2D eigenvalue weighted by Crippen LogP contribution is 2.24. The molecule has 0 atom stereocenters. The van der Waals surface area contributed by atoms with E-state index in [2.05, 4.69) is 18.8 Å². The number of hydrogen-bond acceptors (Lipinski definition) is 4. The molecule has 0 aliphatic heterocycles. The van der Waals surface area contributed by atoms with Crippen molar-refractivity contribution < 1.29 is 8.42 Å². The minimum Gasteiger partial charge on any atom is -0.316 e. The van der Waals surface area contributed by atoms with Gasteiger partial charge in [-0.3, -0.25) is 0 Å². The summed E-state index contributed by atoms with van der Waals surface area (Å²) in [6.45, 7) is 7.89. The number of rotatable bonds is 9. The van der Waals surface area contributed by atoms with Crippen molar-refractivity contribution in [3.63, 3.8) is 0 Å². The molecule has 0 bridgehead atoms. The molecule has 1 heterocycles. The predicted octanol–water partition coefficient (Wildman–Crippen LogP) is 2.10. The molecule has 0 fully saturated rings. The topological polar surface area (TPSA) is 49.4 Å². The number of hydrogen-bond donors (Lipinski definition) is 1. The minimum absolute atomic E-state index is 0.327. The summed E-state index contributed by atoms with van der Waals surface area (Å²) < 4.78 is 26.1. The molecule has 0 aliphatic carbocycles. The van der Waals surface area contributed by atoms with Crippen LogP contribution in [0, 0.1) is 0 Å². The lowest BCUT2D eigenvalue weighted by Crippen LogP contribution is -2.26. The third kappa shape index (κ3) is 4.72. The van der Waals surface area contributed by atoms with E-state index in [0.717, 1.165) is 30.8 Å². The summed E-state index contributed by atoms with van der Waals surface area (Å²) in [6.07, 6.45) is 3.56. The van der Waals surface area contributed by atoms with E-state index in [0.29, 0.717) is 10.8 Å². The van der Waals surface area contributed by atoms with Gasteiger partial charge in [0.25, 0.3) is 10.0 Å². The second kappa shape index (κ2) is 7.79. The van der Waals surface area contributed by atoms with E-state index < -0.39 is 10.0 Å². The maximum absolute atomic E-state index is 12.2. The number of sulfonamides is 1. The Hall–Kier alpha value is -0.690. The molecule has 0 amide bonds. The highest BCUT2D eigenvalue weighted by Gasteiger charge is 2.21. The fraction of sp³-hybridized carbons (Fsp3) is 0.538. The van der Waals surface area contributed by atoms with Gasteiger partial charge in [0, 0.05) is 18.5 Å². The first-order valence-electron chi connectivity index (χ1n) is 6.39. The van der Waals surface area contributed by atoms with E-state index in [4.69, 9.17) is 0 Å². The van der Waals surface area contributed by atoms with E-state index in [-0.39, 0.29) is 0 Å². The van der Waals surface area contributed by atoms with Gasteiger partial charge in [0.2, 0.25) is 0 Å². The average Bonchev–Trinajstić information content (AvgIpc) is 2.84. The van der Waals surface area contributed by atoms with E-state index in [1.807, 2.05) is 6.07 Å². The van der Waals surface area contributed by atoms with Crippen molar-refractivity contribution in [2.45, 2.75) is 24.0 Å². The molecule has 0 aliphatic rings. The van der Waals surface area contributed by atoms with Crippen molar-refractivity contribution in [3.8, 4) is 0 Å². The molecule has 6 heteroatoms. The highest BCUT2D eigenvalue weighted by molar-refractivity contribution is 7.91. The molecule has 19 heavy (non-hydrogen) atoms. The summed E-state index contributed by atoms with van der Waals surface area (Å²) in [4.78, 5) is 1.09. The van der Waals surface area contributed by atoms with Crippen molar-refractivity contribution in [2.75, 3.05) is 26.7 Å². The van der Waals surface area contributed by atoms with Crippen LogP contribution in [0.5, 0.6) is 0 Å². The summed E-state index contributed by atoms with van der Waals surface area (Å²) in [6, 6.07) is 3.58. The Labute approximate surface area is 120 Å². The second-order valence-electron chi connectivity index (χ2n) is 4.29. The second-order valence-corrected chi connectivity index (χ2v) is 7.74. The molecule has 0 unspecified atom stereocenters. The summed E-state index contributed by atoms with van der Waals surface area (Å²) in [5, 5.41) is 3.31. The lowest BCUT2D eigenvalue weighted by molar-refractivity contribution is 0.501. The molecule has 1 aromatic rings. The van der Waals surface area contributed by atoms with E-state index in [1.165, 1.54) is 15.6 Å². The Morgan fingerprint density at radius 2 is 2.16 bits per heavy atom. The summed E-state index contributed by atoms with van der Waals surface area (Å²) in [5.41, 5.74) is 0. The van der Waals surface area contributed by atoms with Gasteiger partial charge in [-0.15, -0.1) is 17.9 Å². The molecule has 1 rings (SSSR count).